The molecule has 12 rings (SSSR count). The third-order valence-electron chi connectivity index (χ3n) is 12.9. The van der Waals surface area contributed by atoms with Crippen LogP contribution in [0.25, 0.3) is 111 Å². The van der Waals surface area contributed by atoms with Crippen LogP contribution in [0.3, 0.4) is 0 Å². The Hall–Kier alpha value is -7.88. The normalized spacial score (nSPS) is 12.8. The molecular weight excluding hydrogens is 753 g/mol. The van der Waals surface area contributed by atoms with E-state index < -0.39 is 0 Å². The average molecular weight is 793 g/mol. The fourth-order valence-electron chi connectivity index (χ4n) is 9.75. The molecule has 0 N–H and O–H groups in total. The molecule has 62 heavy (non-hydrogen) atoms. The summed E-state index contributed by atoms with van der Waals surface area (Å²) in [6.07, 6.45) is 0. The van der Waals surface area contributed by atoms with Crippen molar-refractivity contribution in [2.24, 2.45) is 0 Å². The van der Waals surface area contributed by atoms with E-state index in [-0.39, 0.29) is 5.41 Å². The smallest absolute Gasteiger partial charge is 0.160 e. The van der Waals surface area contributed by atoms with Gasteiger partial charge in [0.15, 0.2) is 5.82 Å². The summed E-state index contributed by atoms with van der Waals surface area (Å²) in [5, 5.41) is 4.81. The molecule has 0 saturated carbocycles. The summed E-state index contributed by atoms with van der Waals surface area (Å²) in [5.74, 6) is 0.693. The van der Waals surface area contributed by atoms with Gasteiger partial charge in [-0.25, -0.2) is 9.97 Å². The van der Waals surface area contributed by atoms with Crippen LogP contribution in [0.1, 0.15) is 25.0 Å². The molecule has 0 spiro atoms. The van der Waals surface area contributed by atoms with Gasteiger partial charge in [0.1, 0.15) is 11.2 Å². The predicted molar refractivity (Wildman–Crippen MR) is 257 cm³/mol. The van der Waals surface area contributed by atoms with E-state index in [1.165, 1.54) is 44.2 Å². The van der Waals surface area contributed by atoms with Crippen molar-refractivity contribution >= 4 is 32.7 Å². The van der Waals surface area contributed by atoms with E-state index in [4.69, 9.17) is 14.4 Å². The van der Waals surface area contributed by atoms with Crippen LogP contribution in [0.2, 0.25) is 0 Å². The highest BCUT2D eigenvalue weighted by Gasteiger charge is 2.37. The van der Waals surface area contributed by atoms with Crippen molar-refractivity contribution in [2.75, 3.05) is 0 Å². The second-order valence-corrected chi connectivity index (χ2v) is 16.9. The van der Waals surface area contributed by atoms with Crippen molar-refractivity contribution in [3.63, 3.8) is 0 Å². The Labute approximate surface area is 360 Å². The number of benzene rings is 9. The van der Waals surface area contributed by atoms with Gasteiger partial charge in [0.05, 0.1) is 11.4 Å². The summed E-state index contributed by atoms with van der Waals surface area (Å²) in [6.45, 7) is 4.71. The minimum absolute atomic E-state index is 0.0989. The predicted octanol–water partition coefficient (Wildman–Crippen LogP) is 15.8. The van der Waals surface area contributed by atoms with Gasteiger partial charge in [0, 0.05) is 38.4 Å². The third-order valence-corrected chi connectivity index (χ3v) is 12.9. The van der Waals surface area contributed by atoms with E-state index >= 15 is 0 Å². The molecule has 0 fully saturated rings. The molecule has 9 aromatic carbocycles. The average Bonchev–Trinajstić information content (AvgIpc) is 3.82. The largest absolute Gasteiger partial charge is 0.455 e. The van der Waals surface area contributed by atoms with Crippen molar-refractivity contribution in [3.05, 3.63) is 217 Å². The molecule has 0 saturated heterocycles. The molecule has 2 aromatic heterocycles. The molecule has 0 atom stereocenters. The number of para-hydroxylation sites is 2. The van der Waals surface area contributed by atoms with Gasteiger partial charge in [-0.1, -0.05) is 196 Å². The zero-order valence-corrected chi connectivity index (χ0v) is 34.4. The first-order valence-corrected chi connectivity index (χ1v) is 21.3. The molecule has 11 aromatic rings. The van der Waals surface area contributed by atoms with Crippen molar-refractivity contribution in [1.29, 1.82) is 0 Å². The summed E-state index contributed by atoms with van der Waals surface area (Å²) >= 11 is 0. The van der Waals surface area contributed by atoms with Gasteiger partial charge in [-0.15, -0.1) is 0 Å². The minimum atomic E-state index is -0.0989. The van der Waals surface area contributed by atoms with Gasteiger partial charge in [0.25, 0.3) is 0 Å². The van der Waals surface area contributed by atoms with Crippen molar-refractivity contribution < 1.29 is 4.42 Å². The maximum atomic E-state index is 6.39. The van der Waals surface area contributed by atoms with Gasteiger partial charge in [-0.2, -0.15) is 0 Å². The first kappa shape index (κ1) is 36.0. The van der Waals surface area contributed by atoms with Crippen LogP contribution in [0.5, 0.6) is 0 Å². The lowest BCUT2D eigenvalue weighted by atomic mass is 9.81. The molecular formula is C59H40N2O. The molecule has 1 aliphatic rings. The second-order valence-electron chi connectivity index (χ2n) is 16.9. The quantitative estimate of drug-likeness (QED) is 0.168. The maximum absolute atomic E-state index is 6.39. The summed E-state index contributed by atoms with van der Waals surface area (Å²) in [6, 6.07) is 73.6. The molecule has 0 bridgehead atoms. The zero-order chi connectivity index (χ0) is 41.4. The van der Waals surface area contributed by atoms with Crippen molar-refractivity contribution in [3.8, 4) is 78.4 Å². The van der Waals surface area contributed by atoms with E-state index in [9.17, 15) is 0 Å². The van der Waals surface area contributed by atoms with Crippen molar-refractivity contribution in [1.82, 2.24) is 9.97 Å². The lowest BCUT2D eigenvalue weighted by Crippen LogP contribution is -2.14. The number of rotatable bonds is 6. The maximum Gasteiger partial charge on any atom is 0.160 e. The van der Waals surface area contributed by atoms with E-state index in [2.05, 4.69) is 190 Å². The topological polar surface area (TPSA) is 38.9 Å². The second kappa shape index (κ2) is 14.1. The fourth-order valence-corrected chi connectivity index (χ4v) is 9.75. The highest BCUT2D eigenvalue weighted by atomic mass is 16.3. The van der Waals surface area contributed by atoms with Crippen LogP contribution in [-0.2, 0) is 5.41 Å². The number of aromatic nitrogens is 2. The standard InChI is InChI=1S/C59H40N2O/c1-59(2)51-24-13-21-45(56(51)50-34-42-16-6-7-17-43(42)35-52(50)59)38-30-32-40(33-31-38)53-36-54(61-58(60-53)41-14-4-3-5-15-41)47-19-9-8-18-44(47)37-26-28-39(29-27-37)46-22-12-23-49-48-20-10-11-25-55(48)62-57(46)49/h3-36H,1-2H3. The summed E-state index contributed by atoms with van der Waals surface area (Å²) in [7, 11) is 0. The summed E-state index contributed by atoms with van der Waals surface area (Å²) in [4.78, 5) is 10.4. The Kier molecular flexibility index (Phi) is 8.20. The first-order valence-electron chi connectivity index (χ1n) is 21.3. The lowest BCUT2D eigenvalue weighted by Gasteiger charge is -2.22. The number of nitrogens with zero attached hydrogens (tertiary/aromatic N) is 2. The number of furan rings is 1. The molecule has 0 radical (unpaired) electrons. The molecule has 0 aliphatic heterocycles. The third kappa shape index (κ3) is 5.81. The highest BCUT2D eigenvalue weighted by Crippen LogP contribution is 2.53. The monoisotopic (exact) mass is 792 g/mol. The van der Waals surface area contributed by atoms with Crippen LogP contribution in [0.15, 0.2) is 211 Å². The Morgan fingerprint density at radius 2 is 0.935 bits per heavy atom. The van der Waals surface area contributed by atoms with Gasteiger partial charge < -0.3 is 4.42 Å². The molecule has 2 heterocycles. The van der Waals surface area contributed by atoms with Crippen molar-refractivity contribution in [2.45, 2.75) is 19.3 Å². The Bertz CT molecular complexity index is 3520. The summed E-state index contributed by atoms with van der Waals surface area (Å²) in [5.41, 5.74) is 18.8. The van der Waals surface area contributed by atoms with E-state index in [0.717, 1.165) is 72.3 Å². The Morgan fingerprint density at radius 3 is 1.73 bits per heavy atom. The van der Waals surface area contributed by atoms with E-state index in [1.807, 2.05) is 30.3 Å². The molecule has 3 nitrogen and oxygen atoms in total. The Balaban J connectivity index is 0.933. The SMILES string of the molecule is CC1(C)c2cc3ccccc3cc2-c2c(-c3ccc(-c4cc(-c5ccccc5-c5ccc(-c6cccc7c6oc6ccccc67)cc5)nc(-c5ccccc5)n4)cc3)cccc21. The highest BCUT2D eigenvalue weighted by molar-refractivity contribution is 6.09. The lowest BCUT2D eigenvalue weighted by molar-refractivity contribution is 0.661. The van der Waals surface area contributed by atoms with Crippen LogP contribution >= 0.6 is 0 Å². The van der Waals surface area contributed by atoms with Crippen LogP contribution < -0.4 is 0 Å². The number of hydrogen-bond donors (Lipinski definition) is 0. The van der Waals surface area contributed by atoms with E-state index in [0.29, 0.717) is 5.82 Å². The van der Waals surface area contributed by atoms with Gasteiger partial charge in [0.2, 0.25) is 0 Å². The molecule has 292 valence electrons. The first-order chi connectivity index (χ1) is 30.5. The Morgan fingerprint density at radius 1 is 0.371 bits per heavy atom. The number of hydrogen-bond acceptors (Lipinski definition) is 3. The zero-order valence-electron chi connectivity index (χ0n) is 34.4. The van der Waals surface area contributed by atoms with E-state index in [1.54, 1.807) is 0 Å². The van der Waals surface area contributed by atoms with Crippen LogP contribution in [0, 0.1) is 0 Å². The van der Waals surface area contributed by atoms with Gasteiger partial charge >= 0.3 is 0 Å². The van der Waals surface area contributed by atoms with Crippen LogP contribution in [-0.4, -0.2) is 9.97 Å². The molecule has 0 amide bonds. The van der Waals surface area contributed by atoms with Gasteiger partial charge in [-0.05, 0) is 85.1 Å². The van der Waals surface area contributed by atoms with Gasteiger partial charge in [-0.3, -0.25) is 0 Å². The van der Waals surface area contributed by atoms with Crippen LogP contribution in [0.4, 0.5) is 0 Å². The molecule has 0 unspecified atom stereocenters. The molecule has 3 heteroatoms. The number of fused-ring (bicyclic) bond motifs is 7. The fraction of sp³-hybridized carbons (Fsp3) is 0.0508. The molecule has 1 aliphatic carbocycles. The summed E-state index contributed by atoms with van der Waals surface area (Å²) < 4.78 is 6.39. The minimum Gasteiger partial charge on any atom is -0.455 e.